The molecule has 6 heteroatoms. The number of fused-ring (bicyclic) bond motifs is 1. The zero-order valence-electron chi connectivity index (χ0n) is 15.5. The highest BCUT2D eigenvalue weighted by atomic mass is 35.5. The van der Waals surface area contributed by atoms with Crippen molar-refractivity contribution in [3.05, 3.63) is 80.7 Å². The first-order valence-electron chi connectivity index (χ1n) is 8.60. The van der Waals surface area contributed by atoms with E-state index in [2.05, 4.69) is 5.32 Å². The van der Waals surface area contributed by atoms with Gasteiger partial charge in [-0.15, -0.1) is 0 Å². The van der Waals surface area contributed by atoms with Gasteiger partial charge < -0.3 is 14.6 Å². The predicted octanol–water partition coefficient (Wildman–Crippen LogP) is 3.79. The molecule has 0 spiro atoms. The quantitative estimate of drug-likeness (QED) is 0.727. The summed E-state index contributed by atoms with van der Waals surface area (Å²) in [5, 5.41) is 3.71. The Kier molecular flexibility index (Phi) is 5.63. The zero-order valence-corrected chi connectivity index (χ0v) is 16.2. The Bertz CT molecular complexity index is 1030. The summed E-state index contributed by atoms with van der Waals surface area (Å²) in [7, 11) is 3.90. The van der Waals surface area contributed by atoms with Gasteiger partial charge in [-0.05, 0) is 44.3 Å². The molecule has 1 atom stereocenters. The minimum Gasteiger partial charge on any atom is -0.451 e. The molecular formula is C21H21ClN2O3. The van der Waals surface area contributed by atoms with Gasteiger partial charge in [-0.1, -0.05) is 41.9 Å². The zero-order chi connectivity index (χ0) is 19.6. The fourth-order valence-corrected chi connectivity index (χ4v) is 3.10. The van der Waals surface area contributed by atoms with Crippen LogP contribution in [0.3, 0.4) is 0 Å². The second kappa shape index (κ2) is 7.94. The van der Waals surface area contributed by atoms with E-state index in [-0.39, 0.29) is 17.2 Å². The van der Waals surface area contributed by atoms with E-state index in [1.807, 2.05) is 56.3 Å². The van der Waals surface area contributed by atoms with Crippen LogP contribution < -0.4 is 10.7 Å². The van der Waals surface area contributed by atoms with Crippen LogP contribution in [0.25, 0.3) is 11.0 Å². The SMILES string of the molecule is Cc1cc2oc(C(=O)NC[C@H](c3ccccc3)N(C)C)cc(=O)c2cc1Cl. The van der Waals surface area contributed by atoms with Crippen molar-refractivity contribution in [3.63, 3.8) is 0 Å². The lowest BCUT2D eigenvalue weighted by Gasteiger charge is -2.25. The number of rotatable bonds is 5. The average molecular weight is 385 g/mol. The highest BCUT2D eigenvalue weighted by molar-refractivity contribution is 6.32. The van der Waals surface area contributed by atoms with E-state index in [4.69, 9.17) is 16.0 Å². The van der Waals surface area contributed by atoms with Crippen LogP contribution in [0.1, 0.15) is 27.7 Å². The summed E-state index contributed by atoms with van der Waals surface area (Å²) in [6.07, 6.45) is 0. The molecule has 0 bridgehead atoms. The Labute approximate surface area is 162 Å². The van der Waals surface area contributed by atoms with Crippen LogP contribution in [-0.2, 0) is 0 Å². The Morgan fingerprint density at radius 1 is 1.19 bits per heavy atom. The van der Waals surface area contributed by atoms with Crippen molar-refractivity contribution in [3.8, 4) is 0 Å². The molecule has 1 amide bonds. The largest absolute Gasteiger partial charge is 0.451 e. The number of nitrogens with zero attached hydrogens (tertiary/aromatic N) is 1. The Morgan fingerprint density at radius 2 is 1.89 bits per heavy atom. The average Bonchev–Trinajstić information content (AvgIpc) is 2.64. The Morgan fingerprint density at radius 3 is 2.56 bits per heavy atom. The molecule has 1 heterocycles. The molecule has 3 aromatic rings. The molecule has 0 radical (unpaired) electrons. The first kappa shape index (κ1) is 19.1. The monoisotopic (exact) mass is 384 g/mol. The first-order valence-corrected chi connectivity index (χ1v) is 8.98. The Balaban J connectivity index is 1.83. The van der Waals surface area contributed by atoms with Gasteiger partial charge in [0.25, 0.3) is 5.91 Å². The smallest absolute Gasteiger partial charge is 0.287 e. The molecule has 0 aliphatic heterocycles. The number of hydrogen-bond acceptors (Lipinski definition) is 4. The highest BCUT2D eigenvalue weighted by Gasteiger charge is 2.18. The number of amides is 1. The molecule has 0 aliphatic carbocycles. The van der Waals surface area contributed by atoms with Crippen LogP contribution in [0, 0.1) is 6.92 Å². The standard InChI is InChI=1S/C21H21ClN2O3/c1-13-9-19-15(10-16(13)22)18(25)11-20(27-19)21(26)23-12-17(24(2)3)14-7-5-4-6-8-14/h4-11,17H,12H2,1-3H3,(H,23,26)/t17-/m1/s1. The van der Waals surface area contributed by atoms with Crippen molar-refractivity contribution in [1.29, 1.82) is 0 Å². The number of carbonyl (C=O) groups is 1. The third kappa shape index (κ3) is 4.21. The summed E-state index contributed by atoms with van der Waals surface area (Å²) < 4.78 is 5.65. The minimum absolute atomic E-state index is 0.00313. The molecule has 0 unspecified atom stereocenters. The van der Waals surface area contributed by atoms with Crippen LogP contribution >= 0.6 is 11.6 Å². The van der Waals surface area contributed by atoms with E-state index >= 15 is 0 Å². The van der Waals surface area contributed by atoms with Gasteiger partial charge in [-0.25, -0.2) is 0 Å². The first-order chi connectivity index (χ1) is 12.9. The van der Waals surface area contributed by atoms with Gasteiger partial charge in [0.1, 0.15) is 5.58 Å². The highest BCUT2D eigenvalue weighted by Crippen LogP contribution is 2.22. The van der Waals surface area contributed by atoms with E-state index in [1.54, 1.807) is 12.1 Å². The van der Waals surface area contributed by atoms with Crippen molar-refractivity contribution >= 4 is 28.5 Å². The van der Waals surface area contributed by atoms with Gasteiger partial charge in [0.15, 0.2) is 11.2 Å². The van der Waals surface area contributed by atoms with E-state index in [0.29, 0.717) is 22.5 Å². The molecule has 1 N–H and O–H groups in total. The van der Waals surface area contributed by atoms with Crippen LogP contribution in [0.5, 0.6) is 0 Å². The van der Waals surface area contributed by atoms with Crippen molar-refractivity contribution in [2.24, 2.45) is 0 Å². The fourth-order valence-electron chi connectivity index (χ4n) is 2.94. The molecule has 0 saturated carbocycles. The van der Waals surface area contributed by atoms with Gasteiger partial charge >= 0.3 is 0 Å². The van der Waals surface area contributed by atoms with Crippen LogP contribution in [0.4, 0.5) is 0 Å². The van der Waals surface area contributed by atoms with Crippen molar-refractivity contribution < 1.29 is 9.21 Å². The molecule has 2 aromatic carbocycles. The molecule has 3 rings (SSSR count). The number of benzene rings is 2. The summed E-state index contributed by atoms with van der Waals surface area (Å²) in [6, 6.07) is 14.3. The number of halogens is 1. The molecule has 5 nitrogen and oxygen atoms in total. The maximum absolute atomic E-state index is 12.6. The molecule has 1 aromatic heterocycles. The molecule has 0 fully saturated rings. The lowest BCUT2D eigenvalue weighted by Crippen LogP contribution is -2.34. The maximum atomic E-state index is 12.6. The van der Waals surface area contributed by atoms with Crippen molar-refractivity contribution in [1.82, 2.24) is 10.2 Å². The number of nitrogens with one attached hydrogen (secondary N) is 1. The predicted molar refractivity (Wildman–Crippen MR) is 107 cm³/mol. The number of hydrogen-bond donors (Lipinski definition) is 1. The van der Waals surface area contributed by atoms with Gasteiger partial charge in [0, 0.05) is 17.6 Å². The van der Waals surface area contributed by atoms with Crippen LogP contribution in [0.15, 0.2) is 57.7 Å². The number of aryl methyl sites for hydroxylation is 1. The van der Waals surface area contributed by atoms with Crippen molar-refractivity contribution in [2.75, 3.05) is 20.6 Å². The Hall–Kier alpha value is -2.63. The summed E-state index contributed by atoms with van der Waals surface area (Å²) in [4.78, 5) is 26.9. The second-order valence-corrected chi connectivity index (χ2v) is 7.08. The fraction of sp³-hybridized carbons (Fsp3) is 0.238. The van der Waals surface area contributed by atoms with Crippen LogP contribution in [-0.4, -0.2) is 31.4 Å². The third-order valence-corrected chi connectivity index (χ3v) is 4.90. The van der Waals surface area contributed by atoms with Gasteiger partial charge in [-0.2, -0.15) is 0 Å². The molecule has 27 heavy (non-hydrogen) atoms. The number of carbonyl (C=O) groups excluding carboxylic acids is 1. The number of likely N-dealkylation sites (N-methyl/N-ethyl adjacent to an activating group) is 1. The summed E-state index contributed by atoms with van der Waals surface area (Å²) in [5.74, 6) is -0.441. The van der Waals surface area contributed by atoms with Crippen LogP contribution in [0.2, 0.25) is 5.02 Å². The maximum Gasteiger partial charge on any atom is 0.287 e. The second-order valence-electron chi connectivity index (χ2n) is 6.67. The molecular weight excluding hydrogens is 364 g/mol. The normalized spacial score (nSPS) is 12.3. The lowest BCUT2D eigenvalue weighted by atomic mass is 10.1. The van der Waals surface area contributed by atoms with E-state index < -0.39 is 5.91 Å². The lowest BCUT2D eigenvalue weighted by molar-refractivity contribution is 0.0914. The van der Waals surface area contributed by atoms with E-state index in [1.165, 1.54) is 6.07 Å². The molecule has 140 valence electrons. The minimum atomic E-state index is -0.426. The van der Waals surface area contributed by atoms with Gasteiger partial charge in [0.05, 0.1) is 11.4 Å². The van der Waals surface area contributed by atoms with E-state index in [9.17, 15) is 9.59 Å². The molecule has 0 aliphatic rings. The summed E-state index contributed by atoms with van der Waals surface area (Å²) >= 11 is 6.07. The van der Waals surface area contributed by atoms with Crippen molar-refractivity contribution in [2.45, 2.75) is 13.0 Å². The summed E-state index contributed by atoms with van der Waals surface area (Å²) in [6.45, 7) is 2.20. The van der Waals surface area contributed by atoms with Gasteiger partial charge in [0.2, 0.25) is 0 Å². The van der Waals surface area contributed by atoms with E-state index in [0.717, 1.165) is 11.1 Å². The third-order valence-electron chi connectivity index (χ3n) is 4.50. The summed E-state index contributed by atoms with van der Waals surface area (Å²) in [5.41, 5.74) is 1.92. The molecule has 0 saturated heterocycles. The topological polar surface area (TPSA) is 62.6 Å². The van der Waals surface area contributed by atoms with Gasteiger partial charge in [-0.3, -0.25) is 9.59 Å².